The van der Waals surface area contributed by atoms with E-state index in [-0.39, 0.29) is 0 Å². The summed E-state index contributed by atoms with van der Waals surface area (Å²) in [5.74, 6) is -1.08. The van der Waals surface area contributed by atoms with Crippen molar-refractivity contribution in [1.29, 1.82) is 0 Å². The van der Waals surface area contributed by atoms with Crippen molar-refractivity contribution < 1.29 is 9.90 Å². The van der Waals surface area contributed by atoms with E-state index in [0.717, 1.165) is 23.5 Å². The predicted molar refractivity (Wildman–Crippen MR) is 59.7 cm³/mol. The van der Waals surface area contributed by atoms with Crippen molar-refractivity contribution in [3.8, 4) is 0 Å². The minimum atomic E-state index is -1.08. The first-order valence-electron chi connectivity index (χ1n) is 5.12. The van der Waals surface area contributed by atoms with E-state index >= 15 is 0 Å². The number of carboxylic acids is 1. The molecule has 1 aromatic rings. The van der Waals surface area contributed by atoms with Crippen molar-refractivity contribution in [3.63, 3.8) is 0 Å². The molecule has 0 aliphatic heterocycles. The molecule has 0 radical (unpaired) electrons. The van der Waals surface area contributed by atoms with Gasteiger partial charge in [0.1, 0.15) is 6.54 Å². The van der Waals surface area contributed by atoms with Crippen molar-refractivity contribution in [2.75, 3.05) is 18.0 Å². The van der Waals surface area contributed by atoms with Gasteiger partial charge in [0.15, 0.2) is 0 Å². The predicted octanol–water partition coefficient (Wildman–Crippen LogP) is 0.174. The molecule has 0 amide bonds. The normalized spacial score (nSPS) is 10.1. The van der Waals surface area contributed by atoms with Crippen molar-refractivity contribution >= 4 is 11.7 Å². The fourth-order valence-corrected chi connectivity index (χ4v) is 1.43. The van der Waals surface area contributed by atoms with Gasteiger partial charge in [-0.25, -0.2) is 4.68 Å². The molecule has 0 fully saturated rings. The van der Waals surface area contributed by atoms with E-state index in [4.69, 9.17) is 5.11 Å². The minimum absolute atomic E-state index is 0.396. The van der Waals surface area contributed by atoms with E-state index in [2.05, 4.69) is 5.10 Å². The summed E-state index contributed by atoms with van der Waals surface area (Å²) in [7, 11) is 0. The summed E-state index contributed by atoms with van der Waals surface area (Å²) in [6.07, 6.45) is 1.51. The number of hydrogen-bond donors (Lipinski definition) is 1. The highest BCUT2D eigenvalue weighted by atomic mass is 16.4. The van der Waals surface area contributed by atoms with Gasteiger partial charge < -0.3 is 10.0 Å². The number of anilines is 1. The maximum absolute atomic E-state index is 11.5. The molecule has 0 spiro atoms. The molecule has 0 saturated heterocycles. The van der Waals surface area contributed by atoms with E-state index < -0.39 is 18.1 Å². The van der Waals surface area contributed by atoms with E-state index in [1.807, 2.05) is 18.7 Å². The van der Waals surface area contributed by atoms with Crippen LogP contribution in [0.5, 0.6) is 0 Å². The highest BCUT2D eigenvalue weighted by Gasteiger charge is 2.07. The first-order valence-corrected chi connectivity index (χ1v) is 5.12. The average molecular weight is 225 g/mol. The third-order valence-electron chi connectivity index (χ3n) is 2.27. The molecular formula is C10H15N3O3. The zero-order valence-corrected chi connectivity index (χ0v) is 9.38. The van der Waals surface area contributed by atoms with Gasteiger partial charge in [-0.2, -0.15) is 5.10 Å². The van der Waals surface area contributed by atoms with E-state index in [0.29, 0.717) is 0 Å². The van der Waals surface area contributed by atoms with Crippen LogP contribution in [0.2, 0.25) is 0 Å². The fourth-order valence-electron chi connectivity index (χ4n) is 1.43. The van der Waals surface area contributed by atoms with Crippen LogP contribution in [0.15, 0.2) is 17.1 Å². The first-order chi connectivity index (χ1) is 7.58. The first kappa shape index (κ1) is 12.2. The summed E-state index contributed by atoms with van der Waals surface area (Å²) in [6, 6.07) is 1.41. The molecule has 0 aliphatic rings. The Bertz CT molecular complexity index is 424. The Morgan fingerprint density at radius 1 is 1.50 bits per heavy atom. The monoisotopic (exact) mass is 225 g/mol. The molecule has 0 unspecified atom stereocenters. The Hall–Kier alpha value is -1.85. The molecule has 6 nitrogen and oxygen atoms in total. The van der Waals surface area contributed by atoms with Gasteiger partial charge in [-0.05, 0) is 13.8 Å². The molecule has 0 aliphatic carbocycles. The molecule has 1 heterocycles. The van der Waals surface area contributed by atoms with Gasteiger partial charge in [0.25, 0.3) is 5.56 Å². The topological polar surface area (TPSA) is 75.4 Å². The maximum atomic E-state index is 11.5. The van der Waals surface area contributed by atoms with E-state index in [1.54, 1.807) is 0 Å². The molecular weight excluding hydrogens is 210 g/mol. The van der Waals surface area contributed by atoms with Gasteiger partial charge in [0, 0.05) is 19.2 Å². The van der Waals surface area contributed by atoms with Crippen LogP contribution >= 0.6 is 0 Å². The van der Waals surface area contributed by atoms with Crippen LogP contribution in [0.4, 0.5) is 5.69 Å². The Labute approximate surface area is 93.1 Å². The SMILES string of the molecule is CCN(CC)c1cnn(CC(=O)O)c(=O)c1. The summed E-state index contributed by atoms with van der Waals surface area (Å²) in [4.78, 5) is 23.9. The molecule has 88 valence electrons. The third kappa shape index (κ3) is 2.82. The van der Waals surface area contributed by atoms with Gasteiger partial charge in [0.05, 0.1) is 11.9 Å². The largest absolute Gasteiger partial charge is 0.480 e. The second-order valence-electron chi connectivity index (χ2n) is 3.28. The van der Waals surface area contributed by atoms with Crippen molar-refractivity contribution in [2.45, 2.75) is 20.4 Å². The van der Waals surface area contributed by atoms with Gasteiger partial charge >= 0.3 is 5.97 Å². The van der Waals surface area contributed by atoms with Gasteiger partial charge in [-0.3, -0.25) is 9.59 Å². The molecule has 1 rings (SSSR count). The zero-order chi connectivity index (χ0) is 12.1. The Morgan fingerprint density at radius 3 is 2.56 bits per heavy atom. The van der Waals surface area contributed by atoms with Crippen LogP contribution in [-0.2, 0) is 11.3 Å². The molecule has 1 N–H and O–H groups in total. The quantitative estimate of drug-likeness (QED) is 0.773. The van der Waals surface area contributed by atoms with Crippen LogP contribution in [0.1, 0.15) is 13.8 Å². The van der Waals surface area contributed by atoms with E-state index in [9.17, 15) is 9.59 Å². The minimum Gasteiger partial charge on any atom is -0.480 e. The lowest BCUT2D eigenvalue weighted by Gasteiger charge is -2.20. The van der Waals surface area contributed by atoms with Crippen LogP contribution < -0.4 is 10.5 Å². The van der Waals surface area contributed by atoms with Crippen LogP contribution in [0, 0.1) is 0 Å². The number of nitrogens with zero attached hydrogens (tertiary/aromatic N) is 3. The summed E-state index contributed by atoms with van der Waals surface area (Å²) >= 11 is 0. The Kier molecular flexibility index (Phi) is 4.04. The van der Waals surface area contributed by atoms with E-state index in [1.165, 1.54) is 12.3 Å². The van der Waals surface area contributed by atoms with Gasteiger partial charge in [0.2, 0.25) is 0 Å². The van der Waals surface area contributed by atoms with Crippen molar-refractivity contribution in [1.82, 2.24) is 9.78 Å². The highest BCUT2D eigenvalue weighted by molar-refractivity contribution is 5.66. The lowest BCUT2D eigenvalue weighted by molar-refractivity contribution is -0.138. The number of carboxylic acid groups (broad SMARTS) is 1. The maximum Gasteiger partial charge on any atom is 0.325 e. The van der Waals surface area contributed by atoms with Crippen LogP contribution in [-0.4, -0.2) is 33.9 Å². The third-order valence-corrected chi connectivity index (χ3v) is 2.27. The average Bonchev–Trinajstić information content (AvgIpc) is 2.23. The van der Waals surface area contributed by atoms with Gasteiger partial charge in [-0.1, -0.05) is 0 Å². The molecule has 6 heteroatoms. The molecule has 16 heavy (non-hydrogen) atoms. The zero-order valence-electron chi connectivity index (χ0n) is 9.38. The summed E-state index contributed by atoms with van der Waals surface area (Å²) < 4.78 is 0.926. The second-order valence-corrected chi connectivity index (χ2v) is 3.28. The van der Waals surface area contributed by atoms with Crippen LogP contribution in [0.25, 0.3) is 0 Å². The Morgan fingerprint density at radius 2 is 2.12 bits per heavy atom. The number of aliphatic carboxylic acids is 1. The summed E-state index contributed by atoms with van der Waals surface area (Å²) in [5.41, 5.74) is 0.323. The number of carbonyl (C=O) groups is 1. The number of aromatic nitrogens is 2. The standard InChI is InChI=1S/C10H15N3O3/c1-3-12(4-2)8-5-9(14)13(11-6-8)7-10(15)16/h5-6H,3-4,7H2,1-2H3,(H,15,16). The second kappa shape index (κ2) is 5.29. The van der Waals surface area contributed by atoms with Crippen molar-refractivity contribution in [2.24, 2.45) is 0 Å². The molecule has 0 saturated carbocycles. The lowest BCUT2D eigenvalue weighted by atomic mass is 10.4. The van der Waals surface area contributed by atoms with Gasteiger partial charge in [-0.15, -0.1) is 0 Å². The van der Waals surface area contributed by atoms with Crippen molar-refractivity contribution in [3.05, 3.63) is 22.6 Å². The molecule has 1 aromatic heterocycles. The molecule has 0 atom stereocenters. The molecule has 0 bridgehead atoms. The molecule has 0 aromatic carbocycles. The summed E-state index contributed by atoms with van der Waals surface area (Å²) in [6.45, 7) is 5.11. The smallest absolute Gasteiger partial charge is 0.325 e. The highest BCUT2D eigenvalue weighted by Crippen LogP contribution is 2.07. The number of rotatable bonds is 5. The van der Waals surface area contributed by atoms with Crippen LogP contribution in [0.3, 0.4) is 0 Å². The fraction of sp³-hybridized carbons (Fsp3) is 0.500. The Balaban J connectivity index is 2.99. The summed E-state index contributed by atoms with van der Waals surface area (Å²) in [5, 5.41) is 12.4. The lowest BCUT2D eigenvalue weighted by Crippen LogP contribution is -2.29. The number of hydrogen-bond acceptors (Lipinski definition) is 4.